The van der Waals surface area contributed by atoms with E-state index in [1.54, 1.807) is 0 Å². The maximum atomic E-state index is 12.7. The molecule has 1 unspecified atom stereocenters. The summed E-state index contributed by atoms with van der Waals surface area (Å²) in [7, 11) is 0. The van der Waals surface area contributed by atoms with E-state index in [1.807, 2.05) is 97.2 Å². The number of hydrogen-bond donors (Lipinski definition) is 0. The first-order valence-corrected chi connectivity index (χ1v) is 23.0. The van der Waals surface area contributed by atoms with E-state index in [0.29, 0.717) is 19.3 Å². The van der Waals surface area contributed by atoms with Gasteiger partial charge in [-0.05, 0) is 83.5 Å². The minimum Gasteiger partial charge on any atom is -0.462 e. The van der Waals surface area contributed by atoms with Gasteiger partial charge in [0.1, 0.15) is 13.2 Å². The standard InChI is InChI=1S/C54H80O6/c1-4-7-10-13-16-19-22-25-26-27-28-30-32-35-38-41-44-47-53(56)59-50-51(49-58-52(55)46-43-40-37-34-31-24-21-18-15-12-9-6-3)60-54(57)48-45-42-39-36-33-29-23-20-17-14-11-8-5-2/h7-14,16-23,25-30,32-33,51H,4-6,15,24,31,34-50H2,1-3H3/b10-7-,11-8-,12-9-,16-13-,17-14-,21-18-,22-19-,23-20-,26-25-,28-27+,32-30-,33-29-. The highest BCUT2D eigenvalue weighted by atomic mass is 16.6. The Balaban J connectivity index is 4.60. The van der Waals surface area contributed by atoms with Crippen molar-refractivity contribution in [2.75, 3.05) is 13.2 Å². The lowest BCUT2D eigenvalue weighted by Gasteiger charge is -2.18. The van der Waals surface area contributed by atoms with Crippen LogP contribution in [0.2, 0.25) is 0 Å². The van der Waals surface area contributed by atoms with Gasteiger partial charge in [-0.25, -0.2) is 0 Å². The van der Waals surface area contributed by atoms with Crippen molar-refractivity contribution in [3.8, 4) is 0 Å². The van der Waals surface area contributed by atoms with Crippen LogP contribution < -0.4 is 0 Å². The van der Waals surface area contributed by atoms with Crippen molar-refractivity contribution in [3.63, 3.8) is 0 Å². The second kappa shape index (κ2) is 47.0. The van der Waals surface area contributed by atoms with Gasteiger partial charge in [-0.2, -0.15) is 0 Å². The average molecular weight is 825 g/mol. The van der Waals surface area contributed by atoms with Crippen LogP contribution in [0.25, 0.3) is 0 Å². The summed E-state index contributed by atoms with van der Waals surface area (Å²) in [6.07, 6.45) is 66.8. The lowest BCUT2D eigenvalue weighted by atomic mass is 10.1. The van der Waals surface area contributed by atoms with Crippen LogP contribution in [-0.2, 0) is 28.6 Å². The largest absolute Gasteiger partial charge is 0.462 e. The molecular weight excluding hydrogens is 745 g/mol. The molecule has 0 aromatic carbocycles. The molecule has 0 spiro atoms. The average Bonchev–Trinajstić information content (AvgIpc) is 3.24. The number of esters is 3. The van der Waals surface area contributed by atoms with Crippen LogP contribution in [0.4, 0.5) is 0 Å². The van der Waals surface area contributed by atoms with Crippen molar-refractivity contribution >= 4 is 17.9 Å². The van der Waals surface area contributed by atoms with E-state index in [-0.39, 0.29) is 44.0 Å². The Morgan fingerprint density at radius 2 is 0.683 bits per heavy atom. The molecule has 0 N–H and O–H groups in total. The predicted molar refractivity (Wildman–Crippen MR) is 255 cm³/mol. The van der Waals surface area contributed by atoms with Gasteiger partial charge in [0.05, 0.1) is 0 Å². The highest BCUT2D eigenvalue weighted by Gasteiger charge is 2.19. The summed E-state index contributed by atoms with van der Waals surface area (Å²) in [5.74, 6) is -1.04. The maximum Gasteiger partial charge on any atom is 0.306 e. The van der Waals surface area contributed by atoms with Gasteiger partial charge in [-0.3, -0.25) is 14.4 Å². The zero-order valence-electron chi connectivity index (χ0n) is 37.6. The molecule has 1 atom stereocenters. The summed E-state index contributed by atoms with van der Waals surface area (Å²) in [6.45, 7) is 6.11. The summed E-state index contributed by atoms with van der Waals surface area (Å²) in [5, 5.41) is 0. The maximum absolute atomic E-state index is 12.7. The third-order valence-electron chi connectivity index (χ3n) is 8.83. The van der Waals surface area contributed by atoms with Crippen molar-refractivity contribution in [1.82, 2.24) is 0 Å². The molecule has 6 nitrogen and oxygen atoms in total. The molecule has 0 aromatic rings. The molecule has 6 heteroatoms. The van der Waals surface area contributed by atoms with Crippen LogP contribution in [-0.4, -0.2) is 37.2 Å². The minimum absolute atomic E-state index is 0.123. The lowest BCUT2D eigenvalue weighted by Crippen LogP contribution is -2.30. The highest BCUT2D eigenvalue weighted by Crippen LogP contribution is 2.11. The third kappa shape index (κ3) is 44.4. The molecule has 0 bridgehead atoms. The molecule has 0 aliphatic heterocycles. The van der Waals surface area contributed by atoms with E-state index in [0.717, 1.165) is 103 Å². The van der Waals surface area contributed by atoms with Crippen molar-refractivity contribution in [2.45, 2.75) is 162 Å². The molecule has 0 aliphatic rings. The SMILES string of the molecule is CC\C=C/C=C\C=C/C=C\C=C\C=C/CCCCCC(=O)OCC(COC(=O)CCCCCCC/C=C\C/C=C\CC)OC(=O)CCCCC\C=C/C=C\C=C/C=C\CC. The molecule has 0 saturated carbocycles. The fourth-order valence-electron chi connectivity index (χ4n) is 5.46. The fourth-order valence-corrected chi connectivity index (χ4v) is 5.46. The van der Waals surface area contributed by atoms with E-state index in [4.69, 9.17) is 14.2 Å². The number of unbranched alkanes of at least 4 members (excludes halogenated alkanes) is 11. The van der Waals surface area contributed by atoms with E-state index in [1.165, 1.54) is 0 Å². The second-order valence-corrected chi connectivity index (χ2v) is 14.4. The molecule has 332 valence electrons. The zero-order chi connectivity index (χ0) is 43.7. The molecular formula is C54H80O6. The quantitative estimate of drug-likeness (QED) is 0.0203. The predicted octanol–water partition coefficient (Wildman–Crippen LogP) is 14.9. The van der Waals surface area contributed by atoms with Gasteiger partial charge in [0.2, 0.25) is 0 Å². The number of ether oxygens (including phenoxy) is 3. The minimum atomic E-state index is -0.828. The van der Waals surface area contributed by atoms with Crippen LogP contribution in [0.5, 0.6) is 0 Å². The number of hydrogen-bond acceptors (Lipinski definition) is 6. The Morgan fingerprint density at radius 1 is 0.350 bits per heavy atom. The Bertz CT molecular complexity index is 1410. The first-order chi connectivity index (χ1) is 29.5. The van der Waals surface area contributed by atoms with Gasteiger partial charge >= 0.3 is 17.9 Å². The number of rotatable bonds is 38. The van der Waals surface area contributed by atoms with Crippen LogP contribution >= 0.6 is 0 Å². The Kier molecular flexibility index (Phi) is 43.3. The Labute approximate surface area is 366 Å². The summed E-state index contributed by atoms with van der Waals surface area (Å²) < 4.78 is 16.6. The van der Waals surface area contributed by atoms with Crippen LogP contribution in [0, 0.1) is 0 Å². The van der Waals surface area contributed by atoms with E-state index >= 15 is 0 Å². The number of carbonyl (C=O) groups is 3. The van der Waals surface area contributed by atoms with E-state index in [9.17, 15) is 14.4 Å². The van der Waals surface area contributed by atoms with Gasteiger partial charge in [0.25, 0.3) is 0 Å². The molecule has 0 rings (SSSR count). The zero-order valence-corrected chi connectivity index (χ0v) is 37.6. The Morgan fingerprint density at radius 3 is 1.13 bits per heavy atom. The number of carbonyl (C=O) groups excluding carboxylic acids is 3. The van der Waals surface area contributed by atoms with Crippen LogP contribution in [0.15, 0.2) is 146 Å². The molecule has 0 amide bonds. The van der Waals surface area contributed by atoms with Crippen molar-refractivity contribution in [2.24, 2.45) is 0 Å². The van der Waals surface area contributed by atoms with Gasteiger partial charge < -0.3 is 14.2 Å². The monoisotopic (exact) mass is 825 g/mol. The van der Waals surface area contributed by atoms with Gasteiger partial charge in [-0.1, -0.05) is 199 Å². The van der Waals surface area contributed by atoms with E-state index < -0.39 is 6.10 Å². The number of allylic oxidation sites excluding steroid dienone is 24. The van der Waals surface area contributed by atoms with Crippen LogP contribution in [0.1, 0.15) is 156 Å². The van der Waals surface area contributed by atoms with E-state index in [2.05, 4.69) is 69.4 Å². The second-order valence-electron chi connectivity index (χ2n) is 14.4. The van der Waals surface area contributed by atoms with Crippen LogP contribution in [0.3, 0.4) is 0 Å². The smallest absolute Gasteiger partial charge is 0.306 e. The third-order valence-corrected chi connectivity index (χ3v) is 8.83. The van der Waals surface area contributed by atoms with Gasteiger partial charge in [0, 0.05) is 19.3 Å². The van der Waals surface area contributed by atoms with Crippen molar-refractivity contribution in [3.05, 3.63) is 146 Å². The molecule has 0 saturated heterocycles. The normalized spacial score (nSPS) is 13.4. The first kappa shape index (κ1) is 55.3. The molecule has 0 fully saturated rings. The molecule has 0 aliphatic carbocycles. The topological polar surface area (TPSA) is 78.9 Å². The summed E-state index contributed by atoms with van der Waals surface area (Å²) >= 11 is 0. The van der Waals surface area contributed by atoms with Crippen molar-refractivity contribution < 1.29 is 28.6 Å². The molecule has 0 radical (unpaired) electrons. The Hall–Kier alpha value is -4.71. The first-order valence-electron chi connectivity index (χ1n) is 23.0. The molecule has 0 aromatic heterocycles. The summed E-state index contributed by atoms with van der Waals surface area (Å²) in [5.41, 5.74) is 0. The lowest BCUT2D eigenvalue weighted by molar-refractivity contribution is -0.167. The summed E-state index contributed by atoms with van der Waals surface area (Å²) in [4.78, 5) is 37.8. The van der Waals surface area contributed by atoms with Gasteiger partial charge in [-0.15, -0.1) is 0 Å². The summed E-state index contributed by atoms with van der Waals surface area (Å²) in [6, 6.07) is 0. The van der Waals surface area contributed by atoms with Gasteiger partial charge in [0.15, 0.2) is 6.10 Å². The highest BCUT2D eigenvalue weighted by molar-refractivity contribution is 5.71. The van der Waals surface area contributed by atoms with Crippen molar-refractivity contribution in [1.29, 1.82) is 0 Å². The molecule has 0 heterocycles. The fraction of sp³-hybridized carbons (Fsp3) is 0.500. The molecule has 60 heavy (non-hydrogen) atoms.